The summed E-state index contributed by atoms with van der Waals surface area (Å²) in [5.41, 5.74) is 4.59. The van der Waals surface area contributed by atoms with E-state index in [1.165, 1.54) is 12.1 Å². The van der Waals surface area contributed by atoms with Crippen molar-refractivity contribution in [1.82, 2.24) is 4.57 Å². The Hall–Kier alpha value is -2.36. The maximum atomic E-state index is 12.2. The quantitative estimate of drug-likeness (QED) is 0.942. The van der Waals surface area contributed by atoms with Gasteiger partial charge in [-0.15, -0.1) is 0 Å². The summed E-state index contributed by atoms with van der Waals surface area (Å²) in [5, 5.41) is 2.93. The molecule has 4 nitrogen and oxygen atoms in total. The molecule has 0 aliphatic heterocycles. The molecule has 1 N–H and O–H groups in total. The first-order valence-electron chi connectivity index (χ1n) is 6.92. The van der Waals surface area contributed by atoms with Crippen molar-refractivity contribution in [3.8, 4) is 0 Å². The topological polar surface area (TPSA) is 51.1 Å². The number of nitrogens with one attached hydrogen (secondary N) is 1. The molecule has 0 fully saturated rings. The number of amides is 1. The summed E-state index contributed by atoms with van der Waals surface area (Å²) >= 11 is 0. The van der Waals surface area contributed by atoms with Gasteiger partial charge in [0.15, 0.2) is 5.43 Å². The average molecular weight is 284 g/mol. The molecule has 0 aliphatic carbocycles. The molecule has 1 amide bonds. The van der Waals surface area contributed by atoms with Crippen LogP contribution in [0.25, 0.3) is 0 Å². The molecule has 0 radical (unpaired) electrons. The van der Waals surface area contributed by atoms with Crippen molar-refractivity contribution in [3.63, 3.8) is 0 Å². The molecule has 2 rings (SSSR count). The summed E-state index contributed by atoms with van der Waals surface area (Å²) in [7, 11) is 0. The third-order valence-electron chi connectivity index (χ3n) is 3.73. The number of rotatable bonds is 3. The second-order valence-electron chi connectivity index (χ2n) is 5.36. The molecule has 0 unspecified atom stereocenters. The Bertz CT molecular complexity index is 719. The van der Waals surface area contributed by atoms with E-state index < -0.39 is 0 Å². The second kappa shape index (κ2) is 5.95. The number of anilines is 1. The van der Waals surface area contributed by atoms with E-state index in [4.69, 9.17) is 0 Å². The van der Waals surface area contributed by atoms with Crippen LogP contribution in [0.5, 0.6) is 0 Å². The third-order valence-corrected chi connectivity index (χ3v) is 3.73. The Morgan fingerprint density at radius 1 is 1.10 bits per heavy atom. The molecular formula is C17H20N2O2. The maximum Gasteiger partial charge on any atom is 0.244 e. The van der Waals surface area contributed by atoms with Gasteiger partial charge in [0, 0.05) is 29.2 Å². The monoisotopic (exact) mass is 284 g/mol. The van der Waals surface area contributed by atoms with Crippen LogP contribution in [-0.2, 0) is 11.3 Å². The van der Waals surface area contributed by atoms with Gasteiger partial charge in [0.25, 0.3) is 0 Å². The highest BCUT2D eigenvalue weighted by Gasteiger charge is 2.09. The van der Waals surface area contributed by atoms with Gasteiger partial charge in [0.2, 0.25) is 5.91 Å². The molecule has 21 heavy (non-hydrogen) atoms. The summed E-state index contributed by atoms with van der Waals surface area (Å²) < 4.78 is 1.84. The third kappa shape index (κ3) is 3.40. The number of aryl methyl sites for hydroxylation is 3. The zero-order valence-electron chi connectivity index (χ0n) is 12.9. The SMILES string of the molecule is Cc1cccc(NC(=O)Cn2c(C)cc(=O)cc2C)c1C. The van der Waals surface area contributed by atoms with Crippen molar-refractivity contribution in [2.45, 2.75) is 34.2 Å². The predicted octanol–water partition coefficient (Wildman–Crippen LogP) is 2.72. The van der Waals surface area contributed by atoms with E-state index in [-0.39, 0.29) is 17.9 Å². The summed E-state index contributed by atoms with van der Waals surface area (Å²) in [6, 6.07) is 8.91. The first-order chi connectivity index (χ1) is 9.88. The molecule has 1 aromatic carbocycles. The number of aromatic nitrogens is 1. The van der Waals surface area contributed by atoms with Crippen LogP contribution in [0.2, 0.25) is 0 Å². The van der Waals surface area contributed by atoms with Crippen molar-refractivity contribution in [2.24, 2.45) is 0 Å². The molecule has 110 valence electrons. The Morgan fingerprint density at radius 3 is 2.33 bits per heavy atom. The lowest BCUT2D eigenvalue weighted by molar-refractivity contribution is -0.116. The van der Waals surface area contributed by atoms with Crippen LogP contribution in [0.4, 0.5) is 5.69 Å². The molecule has 0 bridgehead atoms. The highest BCUT2D eigenvalue weighted by molar-refractivity contribution is 5.91. The lowest BCUT2D eigenvalue weighted by Gasteiger charge is -2.15. The van der Waals surface area contributed by atoms with Gasteiger partial charge in [-0.05, 0) is 44.9 Å². The normalized spacial score (nSPS) is 10.5. The lowest BCUT2D eigenvalue weighted by Crippen LogP contribution is -2.23. The standard InChI is InChI=1S/C17H20N2O2/c1-11-6-5-7-16(14(11)4)18-17(21)10-19-12(2)8-15(20)9-13(19)3/h5-9H,10H2,1-4H3,(H,18,21). The van der Waals surface area contributed by atoms with Crippen molar-refractivity contribution >= 4 is 11.6 Å². The molecule has 1 heterocycles. The number of hydrogen-bond donors (Lipinski definition) is 1. The average Bonchev–Trinajstić information content (AvgIpc) is 2.39. The zero-order valence-corrected chi connectivity index (χ0v) is 12.9. The Balaban J connectivity index is 2.20. The number of carbonyl (C=O) groups is 1. The number of pyridine rings is 1. The van der Waals surface area contributed by atoms with Gasteiger partial charge in [0.1, 0.15) is 6.54 Å². The van der Waals surface area contributed by atoms with Crippen molar-refractivity contribution in [3.05, 3.63) is 63.1 Å². The molecule has 1 aromatic heterocycles. The first-order valence-corrected chi connectivity index (χ1v) is 6.92. The van der Waals surface area contributed by atoms with E-state index in [1.54, 1.807) is 0 Å². The fourth-order valence-electron chi connectivity index (χ4n) is 2.36. The second-order valence-corrected chi connectivity index (χ2v) is 5.36. The fourth-order valence-corrected chi connectivity index (χ4v) is 2.36. The molecule has 4 heteroatoms. The minimum absolute atomic E-state index is 0.0313. The van der Waals surface area contributed by atoms with Crippen LogP contribution in [0.15, 0.2) is 35.1 Å². The molecule has 0 atom stereocenters. The minimum atomic E-state index is -0.0986. The summed E-state index contributed by atoms with van der Waals surface area (Å²) in [6.45, 7) is 7.87. The maximum absolute atomic E-state index is 12.2. The highest BCUT2D eigenvalue weighted by Crippen LogP contribution is 2.18. The van der Waals surface area contributed by atoms with E-state index in [0.29, 0.717) is 0 Å². The van der Waals surface area contributed by atoms with Crippen LogP contribution in [0.1, 0.15) is 22.5 Å². The van der Waals surface area contributed by atoms with Crippen LogP contribution >= 0.6 is 0 Å². The Labute approximate surface area is 124 Å². The van der Waals surface area contributed by atoms with E-state index in [9.17, 15) is 9.59 Å². The summed E-state index contributed by atoms with van der Waals surface area (Å²) in [4.78, 5) is 23.6. The molecule has 2 aromatic rings. The summed E-state index contributed by atoms with van der Waals surface area (Å²) in [6.07, 6.45) is 0. The Morgan fingerprint density at radius 2 is 1.71 bits per heavy atom. The van der Waals surface area contributed by atoms with Gasteiger partial charge in [-0.25, -0.2) is 0 Å². The van der Waals surface area contributed by atoms with Crippen LogP contribution in [0.3, 0.4) is 0 Å². The minimum Gasteiger partial charge on any atom is -0.340 e. The van der Waals surface area contributed by atoms with Gasteiger partial charge in [-0.2, -0.15) is 0 Å². The molecule has 0 saturated carbocycles. The van der Waals surface area contributed by atoms with Crippen LogP contribution in [0, 0.1) is 27.7 Å². The number of nitrogens with zero attached hydrogens (tertiary/aromatic N) is 1. The smallest absolute Gasteiger partial charge is 0.244 e. The predicted molar refractivity (Wildman–Crippen MR) is 84.7 cm³/mol. The van der Waals surface area contributed by atoms with Gasteiger partial charge in [-0.3, -0.25) is 9.59 Å². The van der Waals surface area contributed by atoms with E-state index in [0.717, 1.165) is 28.2 Å². The van der Waals surface area contributed by atoms with Crippen molar-refractivity contribution in [2.75, 3.05) is 5.32 Å². The van der Waals surface area contributed by atoms with Crippen molar-refractivity contribution in [1.29, 1.82) is 0 Å². The Kier molecular flexibility index (Phi) is 4.26. The van der Waals surface area contributed by atoms with Gasteiger partial charge in [-0.1, -0.05) is 12.1 Å². The fraction of sp³-hybridized carbons (Fsp3) is 0.294. The van der Waals surface area contributed by atoms with Crippen LogP contribution in [-0.4, -0.2) is 10.5 Å². The molecular weight excluding hydrogens is 264 g/mol. The summed E-state index contributed by atoms with van der Waals surface area (Å²) in [5.74, 6) is -0.0986. The lowest BCUT2D eigenvalue weighted by atomic mass is 10.1. The van der Waals surface area contributed by atoms with Crippen molar-refractivity contribution < 1.29 is 4.79 Å². The number of hydrogen-bond acceptors (Lipinski definition) is 2. The first kappa shape index (κ1) is 15.0. The van der Waals surface area contributed by atoms with Gasteiger partial charge < -0.3 is 9.88 Å². The number of carbonyl (C=O) groups excluding carboxylic acids is 1. The molecule has 0 spiro atoms. The van der Waals surface area contributed by atoms with E-state index >= 15 is 0 Å². The zero-order chi connectivity index (χ0) is 15.6. The molecule has 0 aliphatic rings. The van der Waals surface area contributed by atoms with E-state index in [1.807, 2.05) is 50.5 Å². The number of benzene rings is 1. The molecule has 0 saturated heterocycles. The van der Waals surface area contributed by atoms with Gasteiger partial charge in [0.05, 0.1) is 0 Å². The highest BCUT2D eigenvalue weighted by atomic mass is 16.2. The van der Waals surface area contributed by atoms with E-state index in [2.05, 4.69) is 5.32 Å². The van der Waals surface area contributed by atoms with Crippen LogP contribution < -0.4 is 10.7 Å². The van der Waals surface area contributed by atoms with Gasteiger partial charge >= 0.3 is 0 Å². The largest absolute Gasteiger partial charge is 0.340 e.